The highest BCUT2D eigenvalue weighted by atomic mass is 32.2. The predicted octanol–water partition coefficient (Wildman–Crippen LogP) is 3.64. The Morgan fingerprint density at radius 1 is 1.12 bits per heavy atom. The molecule has 1 heterocycles. The van der Waals surface area contributed by atoms with Crippen molar-refractivity contribution in [3.05, 3.63) is 64.7 Å². The fourth-order valence-electron chi connectivity index (χ4n) is 2.87. The van der Waals surface area contributed by atoms with Gasteiger partial charge in [0.2, 0.25) is 0 Å². The van der Waals surface area contributed by atoms with Crippen LogP contribution in [0.1, 0.15) is 27.0 Å². The van der Waals surface area contributed by atoms with Crippen LogP contribution in [0.25, 0.3) is 0 Å². The van der Waals surface area contributed by atoms with Crippen LogP contribution in [0.15, 0.2) is 47.4 Å². The van der Waals surface area contributed by atoms with E-state index < -0.39 is 0 Å². The largest absolute Gasteiger partial charge is 0.336 e. The zero-order valence-corrected chi connectivity index (χ0v) is 15.2. The second-order valence-corrected chi connectivity index (χ2v) is 7.32. The van der Waals surface area contributed by atoms with Crippen LogP contribution in [0.2, 0.25) is 0 Å². The smallest absolute Gasteiger partial charge is 0.253 e. The van der Waals surface area contributed by atoms with E-state index >= 15 is 0 Å². The average Bonchev–Trinajstić information content (AvgIpc) is 2.63. The van der Waals surface area contributed by atoms with E-state index in [1.54, 1.807) is 0 Å². The van der Waals surface area contributed by atoms with Crippen molar-refractivity contribution in [3.63, 3.8) is 0 Å². The van der Waals surface area contributed by atoms with Crippen LogP contribution in [0.3, 0.4) is 0 Å². The van der Waals surface area contributed by atoms with Crippen molar-refractivity contribution in [2.24, 2.45) is 0 Å². The van der Waals surface area contributed by atoms with Gasteiger partial charge in [-0.05, 0) is 43.2 Å². The van der Waals surface area contributed by atoms with Gasteiger partial charge in [0.05, 0.1) is 0 Å². The summed E-state index contributed by atoms with van der Waals surface area (Å²) in [5.41, 5.74) is 4.59. The van der Waals surface area contributed by atoms with Gasteiger partial charge in [0, 0.05) is 42.4 Å². The SMILES string of the molecule is Cc1ccc(C)c(SCc2cccc(C(=O)N3CCNCC3)c2)c1. The van der Waals surface area contributed by atoms with Crippen molar-refractivity contribution in [2.45, 2.75) is 24.5 Å². The third-order valence-electron chi connectivity index (χ3n) is 4.32. The first-order valence-corrected chi connectivity index (χ1v) is 9.41. The molecule has 1 N–H and O–H groups in total. The van der Waals surface area contributed by atoms with Gasteiger partial charge in [-0.3, -0.25) is 4.79 Å². The molecule has 126 valence electrons. The summed E-state index contributed by atoms with van der Waals surface area (Å²) in [6.45, 7) is 7.62. The number of amides is 1. The molecular formula is C20H24N2OS. The standard InChI is InChI=1S/C20H24N2OS/c1-15-6-7-16(2)19(12-15)24-14-17-4-3-5-18(13-17)20(23)22-10-8-21-9-11-22/h3-7,12-13,21H,8-11,14H2,1-2H3. The number of benzene rings is 2. The minimum Gasteiger partial charge on any atom is -0.336 e. The van der Waals surface area contributed by atoms with Crippen LogP contribution in [-0.4, -0.2) is 37.0 Å². The molecule has 1 amide bonds. The number of carbonyl (C=O) groups excluding carboxylic acids is 1. The number of nitrogens with zero attached hydrogens (tertiary/aromatic N) is 1. The lowest BCUT2D eigenvalue weighted by atomic mass is 10.1. The highest BCUT2D eigenvalue weighted by Crippen LogP contribution is 2.27. The molecule has 0 aromatic heterocycles. The molecule has 0 spiro atoms. The molecule has 2 aromatic rings. The molecule has 3 nitrogen and oxygen atoms in total. The normalized spacial score (nSPS) is 14.7. The van der Waals surface area contributed by atoms with Crippen molar-refractivity contribution >= 4 is 17.7 Å². The molecule has 0 unspecified atom stereocenters. The molecule has 0 bridgehead atoms. The Labute approximate surface area is 148 Å². The number of thioether (sulfide) groups is 1. The minimum atomic E-state index is 0.148. The van der Waals surface area contributed by atoms with Crippen LogP contribution in [0.5, 0.6) is 0 Å². The Bertz CT molecular complexity index is 723. The predicted molar refractivity (Wildman–Crippen MR) is 101 cm³/mol. The van der Waals surface area contributed by atoms with Crippen LogP contribution >= 0.6 is 11.8 Å². The molecule has 0 saturated carbocycles. The summed E-state index contributed by atoms with van der Waals surface area (Å²) in [6, 6.07) is 14.6. The van der Waals surface area contributed by atoms with Crippen molar-refractivity contribution in [2.75, 3.05) is 26.2 Å². The van der Waals surface area contributed by atoms with Crippen LogP contribution < -0.4 is 5.32 Å². The third kappa shape index (κ3) is 4.19. The van der Waals surface area contributed by atoms with Gasteiger partial charge in [0.25, 0.3) is 5.91 Å². The summed E-state index contributed by atoms with van der Waals surface area (Å²) in [5.74, 6) is 1.03. The lowest BCUT2D eigenvalue weighted by Gasteiger charge is -2.27. The van der Waals surface area contributed by atoms with Gasteiger partial charge in [0.1, 0.15) is 0 Å². The summed E-state index contributed by atoms with van der Waals surface area (Å²) in [5, 5.41) is 3.28. The highest BCUT2D eigenvalue weighted by Gasteiger charge is 2.17. The van der Waals surface area contributed by atoms with Gasteiger partial charge in [-0.1, -0.05) is 29.8 Å². The van der Waals surface area contributed by atoms with E-state index in [1.807, 2.05) is 34.9 Å². The summed E-state index contributed by atoms with van der Waals surface area (Å²) in [6.07, 6.45) is 0. The van der Waals surface area contributed by atoms with Crippen molar-refractivity contribution in [1.29, 1.82) is 0 Å². The van der Waals surface area contributed by atoms with E-state index in [-0.39, 0.29) is 5.91 Å². The fourth-order valence-corrected chi connectivity index (χ4v) is 3.94. The summed E-state index contributed by atoms with van der Waals surface area (Å²) >= 11 is 1.84. The average molecular weight is 340 g/mol. The number of hydrogen-bond acceptors (Lipinski definition) is 3. The number of rotatable bonds is 4. The number of hydrogen-bond donors (Lipinski definition) is 1. The van der Waals surface area contributed by atoms with E-state index in [0.29, 0.717) is 0 Å². The molecule has 1 aliphatic heterocycles. The second kappa shape index (κ2) is 7.86. The maximum Gasteiger partial charge on any atom is 0.253 e. The monoisotopic (exact) mass is 340 g/mol. The molecule has 3 rings (SSSR count). The van der Waals surface area contributed by atoms with Crippen LogP contribution in [0, 0.1) is 13.8 Å². The maximum atomic E-state index is 12.6. The second-order valence-electron chi connectivity index (χ2n) is 6.30. The van der Waals surface area contributed by atoms with Gasteiger partial charge in [-0.15, -0.1) is 11.8 Å². The molecule has 4 heteroatoms. The Balaban J connectivity index is 1.68. The zero-order chi connectivity index (χ0) is 16.9. The van der Waals surface area contributed by atoms with E-state index in [4.69, 9.17) is 0 Å². The molecular weight excluding hydrogens is 316 g/mol. The topological polar surface area (TPSA) is 32.3 Å². The molecule has 1 aliphatic rings. The minimum absolute atomic E-state index is 0.148. The van der Waals surface area contributed by atoms with Crippen LogP contribution in [-0.2, 0) is 5.75 Å². The van der Waals surface area contributed by atoms with E-state index in [2.05, 4.69) is 43.4 Å². The van der Waals surface area contributed by atoms with Crippen molar-refractivity contribution < 1.29 is 4.79 Å². The van der Waals surface area contributed by atoms with Crippen molar-refractivity contribution in [3.8, 4) is 0 Å². The Hall–Kier alpha value is -1.78. The molecule has 1 saturated heterocycles. The summed E-state index contributed by atoms with van der Waals surface area (Å²) in [7, 11) is 0. The number of carbonyl (C=O) groups is 1. The summed E-state index contributed by atoms with van der Waals surface area (Å²) < 4.78 is 0. The fraction of sp³-hybridized carbons (Fsp3) is 0.350. The maximum absolute atomic E-state index is 12.6. The summed E-state index contributed by atoms with van der Waals surface area (Å²) in [4.78, 5) is 15.9. The molecule has 0 aliphatic carbocycles. The van der Waals surface area contributed by atoms with Gasteiger partial charge < -0.3 is 10.2 Å². The number of nitrogens with one attached hydrogen (secondary N) is 1. The number of aryl methyl sites for hydroxylation is 2. The molecule has 0 radical (unpaired) electrons. The van der Waals surface area contributed by atoms with Crippen LogP contribution in [0.4, 0.5) is 0 Å². The zero-order valence-electron chi connectivity index (χ0n) is 14.3. The number of piperazine rings is 1. The van der Waals surface area contributed by atoms with Gasteiger partial charge in [-0.25, -0.2) is 0 Å². The Morgan fingerprint density at radius 3 is 2.71 bits per heavy atom. The molecule has 24 heavy (non-hydrogen) atoms. The molecule has 2 aromatic carbocycles. The molecule has 0 atom stereocenters. The van der Waals surface area contributed by atoms with Gasteiger partial charge >= 0.3 is 0 Å². The first-order valence-electron chi connectivity index (χ1n) is 8.42. The van der Waals surface area contributed by atoms with Gasteiger partial charge in [0.15, 0.2) is 0 Å². The molecule has 1 fully saturated rings. The highest BCUT2D eigenvalue weighted by molar-refractivity contribution is 7.98. The third-order valence-corrected chi connectivity index (χ3v) is 5.54. The lowest BCUT2D eigenvalue weighted by Crippen LogP contribution is -2.46. The van der Waals surface area contributed by atoms with E-state index in [0.717, 1.165) is 37.5 Å². The van der Waals surface area contributed by atoms with Crippen molar-refractivity contribution in [1.82, 2.24) is 10.2 Å². The van der Waals surface area contributed by atoms with E-state index in [9.17, 15) is 4.79 Å². The van der Waals surface area contributed by atoms with Gasteiger partial charge in [-0.2, -0.15) is 0 Å². The first-order chi connectivity index (χ1) is 11.6. The Kier molecular flexibility index (Phi) is 5.59. The first kappa shape index (κ1) is 17.1. The quantitative estimate of drug-likeness (QED) is 0.863. The Morgan fingerprint density at radius 2 is 1.92 bits per heavy atom. The lowest BCUT2D eigenvalue weighted by molar-refractivity contribution is 0.0735. The van der Waals surface area contributed by atoms with E-state index in [1.165, 1.54) is 21.6 Å².